The highest BCUT2D eigenvalue weighted by molar-refractivity contribution is 8.00. The van der Waals surface area contributed by atoms with E-state index < -0.39 is 0 Å². The summed E-state index contributed by atoms with van der Waals surface area (Å²) in [6.07, 6.45) is 1.47. The van der Waals surface area contributed by atoms with Gasteiger partial charge in [-0.1, -0.05) is 0 Å². The molecule has 1 aromatic rings. The van der Waals surface area contributed by atoms with Crippen LogP contribution < -0.4 is 5.32 Å². The molecule has 22 heavy (non-hydrogen) atoms. The Morgan fingerprint density at radius 1 is 1.41 bits per heavy atom. The molecule has 1 unspecified atom stereocenters. The Labute approximate surface area is 133 Å². The molecule has 1 fully saturated rings. The van der Waals surface area contributed by atoms with Crippen LogP contribution in [0.15, 0.2) is 23.1 Å². The van der Waals surface area contributed by atoms with Gasteiger partial charge in [0.25, 0.3) is 5.91 Å². The minimum atomic E-state index is -0.112. The average molecular weight is 315 g/mol. The first kappa shape index (κ1) is 14.9. The number of hydrogen-bond acceptors (Lipinski definition) is 4. The summed E-state index contributed by atoms with van der Waals surface area (Å²) >= 11 is 1.51. The van der Waals surface area contributed by atoms with E-state index in [0.717, 1.165) is 17.7 Å². The van der Waals surface area contributed by atoms with Gasteiger partial charge in [0, 0.05) is 29.5 Å². The van der Waals surface area contributed by atoms with Gasteiger partial charge in [-0.15, -0.1) is 11.8 Å². The smallest absolute Gasteiger partial charge is 0.253 e. The predicted octanol–water partition coefficient (Wildman–Crippen LogP) is 2.50. The van der Waals surface area contributed by atoms with E-state index in [4.69, 9.17) is 5.26 Å². The molecule has 0 spiro atoms. The molecule has 1 aromatic carbocycles. The Hall–Kier alpha value is -2.00. The summed E-state index contributed by atoms with van der Waals surface area (Å²) in [6.45, 7) is 3.10. The highest BCUT2D eigenvalue weighted by Gasteiger charge is 2.26. The summed E-state index contributed by atoms with van der Waals surface area (Å²) < 4.78 is 0. The number of piperidine rings is 1. The zero-order chi connectivity index (χ0) is 15.7. The van der Waals surface area contributed by atoms with Gasteiger partial charge in [-0.05, 0) is 38.0 Å². The second kappa shape index (κ2) is 6.01. The van der Waals surface area contributed by atoms with Crippen LogP contribution in [-0.4, -0.2) is 35.1 Å². The largest absolute Gasteiger partial charge is 0.339 e. The minimum absolute atomic E-state index is 0.0305. The van der Waals surface area contributed by atoms with E-state index in [0.29, 0.717) is 24.3 Å². The number of nitriles is 1. The van der Waals surface area contributed by atoms with Crippen molar-refractivity contribution in [2.45, 2.75) is 29.9 Å². The zero-order valence-electron chi connectivity index (χ0n) is 12.3. The van der Waals surface area contributed by atoms with Crippen molar-refractivity contribution in [2.75, 3.05) is 18.4 Å². The van der Waals surface area contributed by atoms with E-state index in [2.05, 4.69) is 11.4 Å². The number of hydrogen-bond donors (Lipinski definition) is 1. The van der Waals surface area contributed by atoms with Gasteiger partial charge in [-0.2, -0.15) is 5.26 Å². The molecule has 1 saturated heterocycles. The first-order chi connectivity index (χ1) is 10.6. The maximum atomic E-state index is 12.5. The van der Waals surface area contributed by atoms with Crippen molar-refractivity contribution >= 4 is 29.3 Å². The molecule has 5 nitrogen and oxygen atoms in total. The summed E-state index contributed by atoms with van der Waals surface area (Å²) in [4.78, 5) is 27.1. The van der Waals surface area contributed by atoms with Crippen LogP contribution in [0.5, 0.6) is 0 Å². The van der Waals surface area contributed by atoms with Crippen molar-refractivity contribution in [3.63, 3.8) is 0 Å². The van der Waals surface area contributed by atoms with Crippen LogP contribution in [-0.2, 0) is 4.79 Å². The highest BCUT2D eigenvalue weighted by atomic mass is 32.2. The van der Waals surface area contributed by atoms with Gasteiger partial charge in [0.15, 0.2) is 0 Å². The molecular weight excluding hydrogens is 298 g/mol. The van der Waals surface area contributed by atoms with Gasteiger partial charge >= 0.3 is 0 Å². The summed E-state index contributed by atoms with van der Waals surface area (Å²) in [6, 6.07) is 7.73. The number of carbonyl (C=O) groups excluding carboxylic acids is 2. The fraction of sp³-hybridized carbons (Fsp3) is 0.438. The van der Waals surface area contributed by atoms with E-state index in [1.165, 1.54) is 11.8 Å². The van der Waals surface area contributed by atoms with Crippen molar-refractivity contribution in [3.8, 4) is 6.07 Å². The van der Waals surface area contributed by atoms with Gasteiger partial charge in [-0.3, -0.25) is 9.59 Å². The van der Waals surface area contributed by atoms with E-state index in [1.807, 2.05) is 19.1 Å². The Morgan fingerprint density at radius 3 is 2.82 bits per heavy atom. The van der Waals surface area contributed by atoms with Crippen LogP contribution in [0.4, 0.5) is 5.69 Å². The minimum Gasteiger partial charge on any atom is -0.339 e. The van der Waals surface area contributed by atoms with Crippen molar-refractivity contribution < 1.29 is 9.59 Å². The third kappa shape index (κ3) is 2.81. The van der Waals surface area contributed by atoms with Gasteiger partial charge in [0.05, 0.1) is 17.0 Å². The van der Waals surface area contributed by atoms with Gasteiger partial charge < -0.3 is 10.2 Å². The number of rotatable bonds is 1. The van der Waals surface area contributed by atoms with Crippen LogP contribution in [0.3, 0.4) is 0 Å². The zero-order valence-corrected chi connectivity index (χ0v) is 13.2. The van der Waals surface area contributed by atoms with Crippen LogP contribution >= 0.6 is 11.8 Å². The molecule has 0 bridgehead atoms. The second-order valence-electron chi connectivity index (χ2n) is 5.66. The molecule has 0 aliphatic carbocycles. The number of thioether (sulfide) groups is 1. The molecule has 2 heterocycles. The lowest BCUT2D eigenvalue weighted by Crippen LogP contribution is -2.38. The molecule has 3 rings (SSSR count). The second-order valence-corrected chi connectivity index (χ2v) is 7.04. The molecule has 2 aliphatic heterocycles. The molecule has 0 aromatic heterocycles. The number of anilines is 1. The average Bonchev–Trinajstić information content (AvgIpc) is 2.55. The normalized spacial score (nSPS) is 21.7. The first-order valence-electron chi connectivity index (χ1n) is 7.39. The Bertz CT molecular complexity index is 660. The standard InChI is InChI=1S/C16H17N3O2S/c1-10-15(20)18-13-8-12(2-3-14(13)22-10)16(21)19-6-4-11(9-17)5-7-19/h2-3,8,10-11H,4-7H2,1H3,(H,18,20). The first-order valence-corrected chi connectivity index (χ1v) is 8.27. The summed E-state index contributed by atoms with van der Waals surface area (Å²) in [5, 5.41) is 11.7. The number of likely N-dealkylation sites (tertiary alicyclic amines) is 1. The van der Waals surface area contributed by atoms with E-state index in [9.17, 15) is 9.59 Å². The lowest BCUT2D eigenvalue weighted by molar-refractivity contribution is -0.115. The van der Waals surface area contributed by atoms with Gasteiger partial charge in [0.2, 0.25) is 5.91 Å². The Balaban J connectivity index is 1.76. The third-order valence-electron chi connectivity index (χ3n) is 4.12. The Morgan fingerprint density at radius 2 is 2.14 bits per heavy atom. The van der Waals surface area contributed by atoms with Gasteiger partial charge in [-0.25, -0.2) is 0 Å². The maximum Gasteiger partial charge on any atom is 0.253 e. The predicted molar refractivity (Wildman–Crippen MR) is 84.6 cm³/mol. The monoisotopic (exact) mass is 315 g/mol. The van der Waals surface area contributed by atoms with Crippen molar-refractivity contribution in [2.24, 2.45) is 5.92 Å². The molecular formula is C16H17N3O2S. The number of amides is 2. The molecule has 1 N–H and O–H groups in total. The highest BCUT2D eigenvalue weighted by Crippen LogP contribution is 2.36. The fourth-order valence-corrected chi connectivity index (χ4v) is 3.67. The number of fused-ring (bicyclic) bond motifs is 1. The molecule has 0 saturated carbocycles. The van der Waals surface area contributed by atoms with Crippen molar-refractivity contribution in [1.29, 1.82) is 5.26 Å². The van der Waals surface area contributed by atoms with Crippen molar-refractivity contribution in [1.82, 2.24) is 4.90 Å². The molecule has 114 valence electrons. The summed E-state index contributed by atoms with van der Waals surface area (Å²) in [7, 11) is 0. The van der Waals surface area contributed by atoms with Gasteiger partial charge in [0.1, 0.15) is 0 Å². The number of nitrogens with one attached hydrogen (secondary N) is 1. The lowest BCUT2D eigenvalue weighted by Gasteiger charge is -2.29. The third-order valence-corrected chi connectivity index (χ3v) is 5.30. The van der Waals surface area contributed by atoms with Crippen molar-refractivity contribution in [3.05, 3.63) is 23.8 Å². The lowest BCUT2D eigenvalue weighted by atomic mass is 9.98. The molecule has 2 amide bonds. The van der Waals surface area contributed by atoms with E-state index in [-0.39, 0.29) is 23.0 Å². The summed E-state index contributed by atoms with van der Waals surface area (Å²) in [5.74, 6) is -0.00115. The number of benzene rings is 1. The SMILES string of the molecule is CC1Sc2ccc(C(=O)N3CCC(C#N)CC3)cc2NC1=O. The molecule has 2 aliphatic rings. The number of nitrogens with zero attached hydrogens (tertiary/aromatic N) is 2. The number of carbonyl (C=O) groups is 2. The van der Waals surface area contributed by atoms with Crippen LogP contribution in [0.1, 0.15) is 30.1 Å². The van der Waals surface area contributed by atoms with Crippen LogP contribution in [0.2, 0.25) is 0 Å². The summed E-state index contributed by atoms with van der Waals surface area (Å²) in [5.41, 5.74) is 1.30. The van der Waals surface area contributed by atoms with E-state index in [1.54, 1.807) is 11.0 Å². The van der Waals surface area contributed by atoms with Crippen LogP contribution in [0, 0.1) is 17.2 Å². The quantitative estimate of drug-likeness (QED) is 0.864. The topological polar surface area (TPSA) is 73.2 Å². The van der Waals surface area contributed by atoms with E-state index >= 15 is 0 Å². The maximum absolute atomic E-state index is 12.5. The van der Waals surface area contributed by atoms with Crippen LogP contribution in [0.25, 0.3) is 0 Å². The molecule has 6 heteroatoms. The fourth-order valence-electron chi connectivity index (χ4n) is 2.74. The molecule has 0 radical (unpaired) electrons. The molecule has 1 atom stereocenters. The Kier molecular flexibility index (Phi) is 4.08.